The molecule has 0 spiro atoms. The van der Waals surface area contributed by atoms with E-state index in [1.807, 2.05) is 11.8 Å². The van der Waals surface area contributed by atoms with Crippen LogP contribution in [0.15, 0.2) is 0 Å². The predicted molar refractivity (Wildman–Crippen MR) is 58.7 cm³/mol. The number of rotatable bonds is 2. The van der Waals surface area contributed by atoms with Crippen molar-refractivity contribution in [2.24, 2.45) is 5.92 Å². The first kappa shape index (κ1) is 11.4. The fraction of sp³-hybridized carbons (Fsp3) is 0.833. The number of hydrogen-bond acceptors (Lipinski definition) is 3. The fourth-order valence-corrected chi connectivity index (χ4v) is 3.04. The molecule has 0 aromatic heterocycles. The van der Waals surface area contributed by atoms with E-state index in [1.54, 1.807) is 0 Å². The lowest BCUT2D eigenvalue weighted by Crippen LogP contribution is -2.41. The Balaban J connectivity index is 2.09. The number of hydrogen-bond donors (Lipinski definition) is 0. The highest BCUT2D eigenvalue weighted by Crippen LogP contribution is 2.34. The van der Waals surface area contributed by atoms with Crippen molar-refractivity contribution in [3.05, 3.63) is 0 Å². The largest absolute Gasteiger partial charge is 0.469 e. The molecule has 0 N–H and O–H groups in total. The lowest BCUT2D eigenvalue weighted by molar-refractivity contribution is -0.146. The van der Waals surface area contributed by atoms with Gasteiger partial charge in [0, 0.05) is 18.5 Å². The van der Waals surface area contributed by atoms with Crippen LogP contribution in [-0.2, 0) is 14.3 Å². The van der Waals surface area contributed by atoms with Crippen molar-refractivity contribution in [2.75, 3.05) is 7.11 Å². The molecular formula is C12H19NO3. The van der Waals surface area contributed by atoms with Gasteiger partial charge in [-0.3, -0.25) is 9.59 Å². The van der Waals surface area contributed by atoms with Crippen molar-refractivity contribution < 1.29 is 14.3 Å². The third-order valence-corrected chi connectivity index (χ3v) is 3.93. The van der Waals surface area contributed by atoms with Gasteiger partial charge in [-0.15, -0.1) is 0 Å². The predicted octanol–water partition coefficient (Wildman–Crippen LogP) is 1.34. The molecule has 1 amide bonds. The Bertz CT molecular complexity index is 297. The second-order valence-electron chi connectivity index (χ2n) is 4.81. The smallest absolute Gasteiger partial charge is 0.311 e. The molecule has 1 aliphatic heterocycles. The maximum absolute atomic E-state index is 11.9. The Kier molecular flexibility index (Phi) is 3.17. The molecule has 16 heavy (non-hydrogen) atoms. The molecule has 2 fully saturated rings. The fourth-order valence-electron chi connectivity index (χ4n) is 3.04. The summed E-state index contributed by atoms with van der Waals surface area (Å²) in [5, 5.41) is 0. The van der Waals surface area contributed by atoms with Crippen LogP contribution in [0, 0.1) is 5.92 Å². The van der Waals surface area contributed by atoms with E-state index in [0.29, 0.717) is 12.5 Å². The lowest BCUT2D eigenvalue weighted by Gasteiger charge is -2.29. The zero-order chi connectivity index (χ0) is 11.7. The third kappa shape index (κ3) is 1.81. The normalized spacial score (nSPS) is 31.1. The minimum Gasteiger partial charge on any atom is -0.469 e. The molecule has 0 radical (unpaired) electrons. The minimum absolute atomic E-state index is 0.00282. The molecule has 1 saturated carbocycles. The molecule has 2 rings (SSSR count). The molecule has 2 atom stereocenters. The van der Waals surface area contributed by atoms with Crippen LogP contribution in [-0.4, -0.2) is 36.0 Å². The van der Waals surface area contributed by atoms with Gasteiger partial charge >= 0.3 is 5.97 Å². The van der Waals surface area contributed by atoms with Crippen molar-refractivity contribution in [1.29, 1.82) is 0 Å². The second kappa shape index (κ2) is 4.44. The number of ether oxygens (including phenoxy) is 1. The van der Waals surface area contributed by atoms with Crippen molar-refractivity contribution in [2.45, 2.75) is 51.1 Å². The van der Waals surface area contributed by atoms with Gasteiger partial charge in [0.05, 0.1) is 13.0 Å². The highest BCUT2D eigenvalue weighted by Gasteiger charge is 2.44. The van der Waals surface area contributed by atoms with Gasteiger partial charge in [-0.25, -0.2) is 0 Å². The molecule has 0 aromatic rings. The average Bonchev–Trinajstić information content (AvgIpc) is 2.86. The molecule has 90 valence electrons. The Morgan fingerprint density at radius 3 is 2.56 bits per heavy atom. The molecule has 4 heteroatoms. The van der Waals surface area contributed by atoms with Crippen LogP contribution in [0.1, 0.15) is 39.0 Å². The van der Waals surface area contributed by atoms with Crippen LogP contribution in [0.5, 0.6) is 0 Å². The van der Waals surface area contributed by atoms with Gasteiger partial charge in [0.25, 0.3) is 0 Å². The van der Waals surface area contributed by atoms with E-state index in [1.165, 1.54) is 20.0 Å². The summed E-state index contributed by atoms with van der Waals surface area (Å²) in [4.78, 5) is 25.4. The molecule has 0 bridgehead atoms. The van der Waals surface area contributed by atoms with Crippen LogP contribution in [0.3, 0.4) is 0 Å². The van der Waals surface area contributed by atoms with Crippen LogP contribution >= 0.6 is 0 Å². The van der Waals surface area contributed by atoms with Gasteiger partial charge in [-0.2, -0.15) is 0 Å². The first-order chi connectivity index (χ1) is 7.65. The van der Waals surface area contributed by atoms with E-state index in [9.17, 15) is 9.59 Å². The van der Waals surface area contributed by atoms with Gasteiger partial charge < -0.3 is 9.64 Å². The van der Waals surface area contributed by atoms with E-state index in [0.717, 1.165) is 12.8 Å². The van der Waals surface area contributed by atoms with Crippen molar-refractivity contribution in [1.82, 2.24) is 4.90 Å². The van der Waals surface area contributed by atoms with Crippen LogP contribution in [0.4, 0.5) is 0 Å². The molecule has 1 saturated heterocycles. The summed E-state index contributed by atoms with van der Waals surface area (Å²) < 4.78 is 4.75. The SMILES string of the molecule is COC(=O)C1CC(=O)N(C2CCCC2)C1C. The zero-order valence-electron chi connectivity index (χ0n) is 9.94. The monoisotopic (exact) mass is 225 g/mol. The number of esters is 1. The third-order valence-electron chi connectivity index (χ3n) is 3.93. The molecule has 4 nitrogen and oxygen atoms in total. The molecule has 2 unspecified atom stereocenters. The number of carbonyl (C=O) groups excluding carboxylic acids is 2. The Labute approximate surface area is 95.9 Å². The van der Waals surface area contributed by atoms with Gasteiger partial charge in [-0.1, -0.05) is 12.8 Å². The Morgan fingerprint density at radius 1 is 1.38 bits per heavy atom. The molecule has 0 aromatic carbocycles. The summed E-state index contributed by atoms with van der Waals surface area (Å²) in [6.45, 7) is 1.96. The summed E-state index contributed by atoms with van der Waals surface area (Å²) in [5.41, 5.74) is 0. The Morgan fingerprint density at radius 2 is 2.00 bits per heavy atom. The summed E-state index contributed by atoms with van der Waals surface area (Å²) >= 11 is 0. The molecular weight excluding hydrogens is 206 g/mol. The van der Waals surface area contributed by atoms with Crippen LogP contribution in [0.25, 0.3) is 0 Å². The van der Waals surface area contributed by atoms with Gasteiger partial charge in [0.2, 0.25) is 5.91 Å². The molecule has 2 aliphatic rings. The highest BCUT2D eigenvalue weighted by molar-refractivity contribution is 5.87. The average molecular weight is 225 g/mol. The van der Waals surface area contributed by atoms with E-state index >= 15 is 0 Å². The summed E-state index contributed by atoms with van der Waals surface area (Å²) in [7, 11) is 1.39. The Hall–Kier alpha value is -1.06. The number of nitrogens with zero attached hydrogens (tertiary/aromatic N) is 1. The van der Waals surface area contributed by atoms with Crippen molar-refractivity contribution >= 4 is 11.9 Å². The standard InChI is InChI=1S/C12H19NO3/c1-8-10(12(15)16-2)7-11(14)13(8)9-5-3-4-6-9/h8-10H,3-7H2,1-2H3. The summed E-state index contributed by atoms with van der Waals surface area (Å²) in [5.74, 6) is -0.394. The van der Waals surface area contributed by atoms with E-state index in [-0.39, 0.29) is 23.8 Å². The van der Waals surface area contributed by atoms with Crippen LogP contribution < -0.4 is 0 Å². The minimum atomic E-state index is -0.266. The van der Waals surface area contributed by atoms with Crippen molar-refractivity contribution in [3.8, 4) is 0 Å². The van der Waals surface area contributed by atoms with E-state index in [2.05, 4.69) is 0 Å². The van der Waals surface area contributed by atoms with E-state index in [4.69, 9.17) is 4.74 Å². The van der Waals surface area contributed by atoms with E-state index < -0.39 is 0 Å². The lowest BCUT2D eigenvalue weighted by atomic mass is 10.0. The molecule has 1 heterocycles. The summed E-state index contributed by atoms with van der Waals surface area (Å²) in [6.07, 6.45) is 4.90. The second-order valence-corrected chi connectivity index (χ2v) is 4.81. The zero-order valence-corrected chi connectivity index (χ0v) is 9.94. The summed E-state index contributed by atoms with van der Waals surface area (Å²) in [6, 6.07) is 0.361. The number of likely N-dealkylation sites (tertiary alicyclic amines) is 1. The first-order valence-corrected chi connectivity index (χ1v) is 6.04. The van der Waals surface area contributed by atoms with Gasteiger partial charge in [0.1, 0.15) is 0 Å². The van der Waals surface area contributed by atoms with Gasteiger partial charge in [-0.05, 0) is 19.8 Å². The number of carbonyl (C=O) groups is 2. The maximum Gasteiger partial charge on any atom is 0.311 e. The first-order valence-electron chi connectivity index (χ1n) is 6.04. The highest BCUT2D eigenvalue weighted by atomic mass is 16.5. The maximum atomic E-state index is 11.9. The quantitative estimate of drug-likeness (QED) is 0.666. The topological polar surface area (TPSA) is 46.6 Å². The number of amides is 1. The number of methoxy groups -OCH3 is 1. The van der Waals surface area contributed by atoms with Gasteiger partial charge in [0.15, 0.2) is 0 Å². The van der Waals surface area contributed by atoms with Crippen molar-refractivity contribution in [3.63, 3.8) is 0 Å². The molecule has 1 aliphatic carbocycles. The van der Waals surface area contributed by atoms with Crippen LogP contribution in [0.2, 0.25) is 0 Å².